The molecule has 0 rings (SSSR count). The van der Waals surface area contributed by atoms with E-state index in [0.717, 1.165) is 12.8 Å². The Labute approximate surface area is 172 Å². The quantitative estimate of drug-likeness (QED) is 0.146. The Balaban J connectivity index is 3.05. The van der Waals surface area contributed by atoms with E-state index in [1.54, 1.807) is 0 Å². The highest BCUT2D eigenvalue weighted by Crippen LogP contribution is 2.16. The van der Waals surface area contributed by atoms with E-state index in [-0.39, 0.29) is 0 Å². The van der Waals surface area contributed by atoms with Gasteiger partial charge in [-0.3, -0.25) is 0 Å². The van der Waals surface area contributed by atoms with Gasteiger partial charge in [0.15, 0.2) is 0 Å². The third-order valence-electron chi connectivity index (χ3n) is 6.15. The van der Waals surface area contributed by atoms with Crippen LogP contribution in [0.4, 0.5) is 0 Å². The van der Waals surface area contributed by atoms with E-state index in [1.165, 1.54) is 128 Å². The maximum Gasteiger partial charge on any atom is 0.0633 e. The fourth-order valence-electron chi connectivity index (χ4n) is 3.89. The number of hydrogen-bond donors (Lipinski definition) is 2. The van der Waals surface area contributed by atoms with E-state index in [9.17, 15) is 0 Å². The van der Waals surface area contributed by atoms with Crippen LogP contribution in [0.15, 0.2) is 0 Å². The summed E-state index contributed by atoms with van der Waals surface area (Å²) in [4.78, 5) is 0. The minimum absolute atomic E-state index is 0.422. The minimum Gasteiger partial charge on any atom is -0.314 e. The van der Waals surface area contributed by atoms with Crippen LogP contribution in [0.3, 0.4) is 0 Å². The lowest BCUT2D eigenvalue weighted by Gasteiger charge is -2.22. The second-order valence-corrected chi connectivity index (χ2v) is 9.05. The van der Waals surface area contributed by atoms with Crippen molar-refractivity contribution >= 4 is 0 Å². The highest BCUT2D eigenvalue weighted by molar-refractivity contribution is 4.73. The van der Waals surface area contributed by atoms with Crippen LogP contribution in [0.1, 0.15) is 155 Å². The molecule has 0 aromatic carbocycles. The van der Waals surface area contributed by atoms with Crippen LogP contribution in [0.5, 0.6) is 0 Å². The zero-order valence-corrected chi connectivity index (χ0v) is 19.2. The van der Waals surface area contributed by atoms with Crippen molar-refractivity contribution < 1.29 is 0 Å². The summed E-state index contributed by atoms with van der Waals surface area (Å²) in [6.45, 7) is 4.38. The van der Waals surface area contributed by atoms with Crippen LogP contribution in [0, 0.1) is 0 Å². The second-order valence-electron chi connectivity index (χ2n) is 9.05. The summed E-state index contributed by atoms with van der Waals surface area (Å²) in [6, 6.07) is 0. The summed E-state index contributed by atoms with van der Waals surface area (Å²) in [6.07, 6.45) is 30.3. The fraction of sp³-hybridized carbons (Fsp3) is 1.00. The molecule has 0 saturated heterocycles. The van der Waals surface area contributed by atoms with Gasteiger partial charge in [-0.1, -0.05) is 142 Å². The van der Waals surface area contributed by atoms with Crippen molar-refractivity contribution in [1.82, 2.24) is 0 Å². The molecule has 0 atom stereocenters. The van der Waals surface area contributed by atoms with Gasteiger partial charge in [0.05, 0.1) is 5.66 Å². The standard InChI is InChI=1S/C25H54N2/c1-3-5-6-7-8-9-10-11-12-13-14-15-16-17-18-19-20-21-22-23-24-25(26,27)4-2/h3-24,26-27H2,1-2H3. The molecule has 27 heavy (non-hydrogen) atoms. The molecule has 4 N–H and O–H groups in total. The van der Waals surface area contributed by atoms with Crippen LogP contribution >= 0.6 is 0 Å². The summed E-state index contributed by atoms with van der Waals surface area (Å²) in [5.41, 5.74) is 11.5. The molecule has 0 aliphatic rings. The summed E-state index contributed by atoms with van der Waals surface area (Å²) in [5, 5.41) is 0. The first-order valence-corrected chi connectivity index (χ1v) is 12.7. The summed E-state index contributed by atoms with van der Waals surface area (Å²) in [5.74, 6) is 0. The number of hydrogen-bond acceptors (Lipinski definition) is 2. The maximum absolute atomic E-state index is 5.97. The molecule has 164 valence electrons. The average Bonchev–Trinajstić information content (AvgIpc) is 2.66. The SMILES string of the molecule is CCCCCCCCCCCCCCCCCCCCCCC(N)(N)CC. The number of nitrogens with two attached hydrogens (primary N) is 2. The summed E-state index contributed by atoms with van der Waals surface area (Å²) in [7, 11) is 0. The normalized spacial score (nSPS) is 12.0. The van der Waals surface area contributed by atoms with Gasteiger partial charge in [-0.25, -0.2) is 0 Å². The predicted octanol–water partition coefficient (Wildman–Crippen LogP) is 8.22. The lowest BCUT2D eigenvalue weighted by molar-refractivity contribution is 0.374. The van der Waals surface area contributed by atoms with Gasteiger partial charge < -0.3 is 11.5 Å². The Morgan fingerprint density at radius 3 is 0.926 bits per heavy atom. The molecule has 2 nitrogen and oxygen atoms in total. The molecular weight excluding hydrogens is 328 g/mol. The molecule has 0 bridgehead atoms. The first-order chi connectivity index (χ1) is 13.1. The van der Waals surface area contributed by atoms with Crippen LogP contribution in [0.2, 0.25) is 0 Å². The lowest BCUT2D eigenvalue weighted by atomic mass is 9.99. The molecular formula is C25H54N2. The van der Waals surface area contributed by atoms with Crippen molar-refractivity contribution in [2.45, 2.75) is 161 Å². The van der Waals surface area contributed by atoms with E-state index >= 15 is 0 Å². The smallest absolute Gasteiger partial charge is 0.0633 e. The third-order valence-corrected chi connectivity index (χ3v) is 6.15. The summed E-state index contributed by atoms with van der Waals surface area (Å²) >= 11 is 0. The summed E-state index contributed by atoms with van der Waals surface area (Å²) < 4.78 is 0. The second kappa shape index (κ2) is 20.6. The van der Waals surface area contributed by atoms with E-state index in [1.807, 2.05) is 0 Å². The Morgan fingerprint density at radius 2 is 0.667 bits per heavy atom. The van der Waals surface area contributed by atoms with E-state index in [2.05, 4.69) is 13.8 Å². The zero-order chi connectivity index (χ0) is 20.1. The van der Waals surface area contributed by atoms with Gasteiger partial charge in [0.2, 0.25) is 0 Å². The van der Waals surface area contributed by atoms with Crippen LogP contribution in [0.25, 0.3) is 0 Å². The van der Waals surface area contributed by atoms with Gasteiger partial charge >= 0.3 is 0 Å². The van der Waals surface area contributed by atoms with Gasteiger partial charge in [0.1, 0.15) is 0 Å². The first kappa shape index (κ1) is 26.9. The zero-order valence-electron chi connectivity index (χ0n) is 19.2. The minimum atomic E-state index is -0.422. The Kier molecular flexibility index (Phi) is 20.6. The van der Waals surface area contributed by atoms with Crippen LogP contribution in [-0.4, -0.2) is 5.66 Å². The Bertz CT molecular complexity index is 275. The molecule has 0 saturated carbocycles. The van der Waals surface area contributed by atoms with Gasteiger partial charge in [-0.05, 0) is 12.8 Å². The van der Waals surface area contributed by atoms with Gasteiger partial charge in [0, 0.05) is 0 Å². The molecule has 0 aromatic heterocycles. The van der Waals surface area contributed by atoms with E-state index < -0.39 is 5.66 Å². The molecule has 0 spiro atoms. The molecule has 2 heteroatoms. The Morgan fingerprint density at radius 1 is 0.407 bits per heavy atom. The molecule has 0 aliphatic carbocycles. The van der Waals surface area contributed by atoms with Crippen molar-refractivity contribution in [3.63, 3.8) is 0 Å². The maximum atomic E-state index is 5.97. The number of rotatable bonds is 22. The monoisotopic (exact) mass is 382 g/mol. The van der Waals surface area contributed by atoms with Crippen molar-refractivity contribution in [2.75, 3.05) is 0 Å². The predicted molar refractivity (Wildman–Crippen MR) is 124 cm³/mol. The fourth-order valence-corrected chi connectivity index (χ4v) is 3.89. The lowest BCUT2D eigenvalue weighted by Crippen LogP contribution is -2.48. The van der Waals surface area contributed by atoms with Crippen LogP contribution < -0.4 is 11.5 Å². The molecule has 0 unspecified atom stereocenters. The van der Waals surface area contributed by atoms with Crippen LogP contribution in [-0.2, 0) is 0 Å². The molecule has 0 heterocycles. The van der Waals surface area contributed by atoms with Gasteiger partial charge in [-0.2, -0.15) is 0 Å². The molecule has 0 aromatic rings. The van der Waals surface area contributed by atoms with Crippen molar-refractivity contribution in [2.24, 2.45) is 11.5 Å². The van der Waals surface area contributed by atoms with E-state index in [0.29, 0.717) is 0 Å². The molecule has 0 amide bonds. The van der Waals surface area contributed by atoms with E-state index in [4.69, 9.17) is 11.5 Å². The third kappa shape index (κ3) is 22.1. The van der Waals surface area contributed by atoms with Gasteiger partial charge in [0.25, 0.3) is 0 Å². The molecule has 0 fully saturated rings. The van der Waals surface area contributed by atoms with Crippen molar-refractivity contribution in [1.29, 1.82) is 0 Å². The average molecular weight is 383 g/mol. The van der Waals surface area contributed by atoms with Crippen molar-refractivity contribution in [3.8, 4) is 0 Å². The number of unbranched alkanes of at least 4 members (excludes halogenated alkanes) is 19. The van der Waals surface area contributed by atoms with Crippen molar-refractivity contribution in [3.05, 3.63) is 0 Å². The molecule has 0 radical (unpaired) electrons. The highest BCUT2D eigenvalue weighted by atomic mass is 14.9. The molecule has 0 aliphatic heterocycles. The van der Waals surface area contributed by atoms with Gasteiger partial charge in [-0.15, -0.1) is 0 Å². The first-order valence-electron chi connectivity index (χ1n) is 12.7. The topological polar surface area (TPSA) is 52.0 Å². The highest BCUT2D eigenvalue weighted by Gasteiger charge is 2.14. The largest absolute Gasteiger partial charge is 0.314 e. The Hall–Kier alpha value is -0.0800.